The van der Waals surface area contributed by atoms with Crippen LogP contribution in [0.3, 0.4) is 0 Å². The zero-order valence-corrected chi connectivity index (χ0v) is 28.0. The molecular formula is C47H30N4O. The van der Waals surface area contributed by atoms with Crippen LogP contribution in [0, 0.1) is 0 Å². The molecule has 0 fully saturated rings. The maximum absolute atomic E-state index is 6.06. The summed E-state index contributed by atoms with van der Waals surface area (Å²) in [6.07, 6.45) is 0. The van der Waals surface area contributed by atoms with Crippen LogP contribution in [-0.4, -0.2) is 19.9 Å². The fraction of sp³-hybridized carbons (Fsp3) is 0. The molecule has 3 aromatic heterocycles. The molecule has 0 radical (unpaired) electrons. The van der Waals surface area contributed by atoms with Crippen molar-refractivity contribution < 1.29 is 4.42 Å². The van der Waals surface area contributed by atoms with Gasteiger partial charge in [0.05, 0.1) is 22.4 Å². The molecule has 10 aromatic rings. The Balaban J connectivity index is 0.983. The van der Waals surface area contributed by atoms with Crippen molar-refractivity contribution >= 4 is 33.0 Å². The first-order valence-electron chi connectivity index (χ1n) is 17.3. The van der Waals surface area contributed by atoms with Gasteiger partial charge in [-0.25, -0.2) is 15.0 Å². The van der Waals surface area contributed by atoms with Crippen molar-refractivity contribution in [2.45, 2.75) is 0 Å². The van der Waals surface area contributed by atoms with E-state index in [9.17, 15) is 0 Å². The molecule has 5 heteroatoms. The Bertz CT molecular complexity index is 2870. The van der Waals surface area contributed by atoms with Crippen molar-refractivity contribution in [3.8, 4) is 67.5 Å². The van der Waals surface area contributed by atoms with Crippen LogP contribution in [0.5, 0.6) is 0 Å². The molecule has 0 bridgehead atoms. The zero-order valence-electron chi connectivity index (χ0n) is 28.0. The fourth-order valence-electron chi connectivity index (χ4n) is 6.95. The minimum Gasteiger partial charge on any atom is -0.456 e. The molecule has 3 heterocycles. The Morgan fingerprint density at radius 2 is 0.904 bits per heavy atom. The van der Waals surface area contributed by atoms with Crippen molar-refractivity contribution in [3.63, 3.8) is 0 Å². The number of nitrogens with one attached hydrogen (secondary N) is 1. The number of aromatic amines is 1. The molecule has 0 aliphatic rings. The molecule has 0 atom stereocenters. The number of nitrogens with zero attached hydrogens (tertiary/aromatic N) is 3. The third kappa shape index (κ3) is 5.42. The molecule has 244 valence electrons. The van der Waals surface area contributed by atoms with Crippen LogP contribution in [-0.2, 0) is 0 Å². The first kappa shape index (κ1) is 29.8. The summed E-state index contributed by atoms with van der Waals surface area (Å²) in [6.45, 7) is 0. The quantitative estimate of drug-likeness (QED) is 0.192. The molecule has 0 spiro atoms. The summed E-state index contributed by atoms with van der Waals surface area (Å²) in [5.41, 5.74) is 14.1. The van der Waals surface area contributed by atoms with Gasteiger partial charge in [-0.2, -0.15) is 0 Å². The van der Waals surface area contributed by atoms with Crippen LogP contribution in [0.15, 0.2) is 180 Å². The van der Waals surface area contributed by atoms with Crippen molar-refractivity contribution in [1.82, 2.24) is 19.9 Å². The third-order valence-corrected chi connectivity index (χ3v) is 9.69. The lowest BCUT2D eigenvalue weighted by Gasteiger charge is -2.11. The summed E-state index contributed by atoms with van der Waals surface area (Å²) in [7, 11) is 0. The number of benzene rings is 7. The van der Waals surface area contributed by atoms with E-state index in [1.54, 1.807) is 0 Å². The fourth-order valence-corrected chi connectivity index (χ4v) is 6.95. The van der Waals surface area contributed by atoms with E-state index < -0.39 is 0 Å². The lowest BCUT2D eigenvalue weighted by molar-refractivity contribution is 0.669. The van der Waals surface area contributed by atoms with Crippen molar-refractivity contribution in [2.24, 2.45) is 0 Å². The number of hydrogen-bond donors (Lipinski definition) is 1. The highest BCUT2D eigenvalue weighted by Crippen LogP contribution is 2.34. The Hall–Kier alpha value is -7.11. The van der Waals surface area contributed by atoms with Crippen molar-refractivity contribution in [2.75, 3.05) is 0 Å². The number of fused-ring (bicyclic) bond motifs is 4. The maximum Gasteiger partial charge on any atom is 0.160 e. The van der Waals surface area contributed by atoms with E-state index in [-0.39, 0.29) is 0 Å². The third-order valence-electron chi connectivity index (χ3n) is 9.69. The van der Waals surface area contributed by atoms with Crippen LogP contribution < -0.4 is 0 Å². The predicted octanol–water partition coefficient (Wildman–Crippen LogP) is 12.3. The Morgan fingerprint density at radius 1 is 0.365 bits per heavy atom. The van der Waals surface area contributed by atoms with Gasteiger partial charge in [-0.3, -0.25) is 0 Å². The number of rotatable bonds is 6. The summed E-state index contributed by atoms with van der Waals surface area (Å²) in [5.74, 6) is 1.55. The van der Waals surface area contributed by atoms with Crippen molar-refractivity contribution in [3.05, 3.63) is 176 Å². The Labute approximate surface area is 299 Å². The van der Waals surface area contributed by atoms with Gasteiger partial charge >= 0.3 is 0 Å². The summed E-state index contributed by atoms with van der Waals surface area (Å²) in [5, 5.41) is 2.25. The highest BCUT2D eigenvalue weighted by Gasteiger charge is 2.13. The van der Waals surface area contributed by atoms with E-state index in [2.05, 4.69) is 132 Å². The normalized spacial score (nSPS) is 11.5. The van der Waals surface area contributed by atoms with E-state index in [0.29, 0.717) is 5.82 Å². The van der Waals surface area contributed by atoms with E-state index >= 15 is 0 Å². The molecular weight excluding hydrogens is 637 g/mol. The number of hydrogen-bond acceptors (Lipinski definition) is 4. The monoisotopic (exact) mass is 666 g/mol. The minimum atomic E-state index is 0.681. The second kappa shape index (κ2) is 12.3. The molecule has 0 saturated carbocycles. The van der Waals surface area contributed by atoms with Gasteiger partial charge in [-0.1, -0.05) is 140 Å². The van der Waals surface area contributed by atoms with Crippen LogP contribution in [0.1, 0.15) is 0 Å². The standard InChI is InChI=1S/C47H30N4O/c1-3-9-32(10-4-1)41-29-42(33-19-15-30(16-20-33)36-24-26-45-39(27-36)38-13-7-8-14-44(38)52-45)50-47(49-41)35-21-17-31(18-22-35)37-23-25-40-43(28-37)51-46(48-40)34-11-5-2-6-12-34/h1-29H,(H,48,51). The molecule has 0 aliphatic carbocycles. The Morgan fingerprint density at radius 3 is 1.63 bits per heavy atom. The minimum absolute atomic E-state index is 0.681. The number of furan rings is 1. The van der Waals surface area contributed by atoms with Gasteiger partial charge in [0.1, 0.15) is 17.0 Å². The molecule has 52 heavy (non-hydrogen) atoms. The second-order valence-corrected chi connectivity index (χ2v) is 13.0. The highest BCUT2D eigenvalue weighted by atomic mass is 16.3. The van der Waals surface area contributed by atoms with E-state index in [0.717, 1.165) is 94.7 Å². The predicted molar refractivity (Wildman–Crippen MR) is 212 cm³/mol. The van der Waals surface area contributed by atoms with Gasteiger partial charge < -0.3 is 9.40 Å². The lowest BCUT2D eigenvalue weighted by Crippen LogP contribution is -1.96. The average molecular weight is 667 g/mol. The van der Waals surface area contributed by atoms with Gasteiger partial charge in [-0.05, 0) is 58.7 Å². The highest BCUT2D eigenvalue weighted by molar-refractivity contribution is 6.06. The summed E-state index contributed by atoms with van der Waals surface area (Å²) in [6, 6.07) is 60.6. The van der Waals surface area contributed by atoms with E-state index in [4.69, 9.17) is 19.4 Å². The van der Waals surface area contributed by atoms with Crippen molar-refractivity contribution in [1.29, 1.82) is 0 Å². The average Bonchev–Trinajstić information content (AvgIpc) is 3.83. The van der Waals surface area contributed by atoms with Crippen LogP contribution >= 0.6 is 0 Å². The van der Waals surface area contributed by atoms with Crippen LogP contribution in [0.4, 0.5) is 0 Å². The molecule has 0 aliphatic heterocycles. The van der Waals surface area contributed by atoms with Crippen LogP contribution in [0.2, 0.25) is 0 Å². The second-order valence-electron chi connectivity index (χ2n) is 13.0. The SMILES string of the molecule is c1ccc(-c2cc(-c3ccc(-c4ccc5oc6ccccc6c5c4)cc3)nc(-c3ccc(-c4ccc5nc(-c6ccccc6)[nH]c5c4)cc3)n2)cc1. The summed E-state index contributed by atoms with van der Waals surface area (Å²) >= 11 is 0. The molecule has 0 saturated heterocycles. The van der Waals surface area contributed by atoms with Gasteiger partial charge in [0, 0.05) is 33.0 Å². The number of H-pyrrole nitrogens is 1. The summed E-state index contributed by atoms with van der Waals surface area (Å²) < 4.78 is 6.06. The molecule has 0 unspecified atom stereocenters. The lowest BCUT2D eigenvalue weighted by atomic mass is 10.00. The Kier molecular flexibility index (Phi) is 7.07. The molecule has 0 amide bonds. The number of aromatic nitrogens is 4. The smallest absolute Gasteiger partial charge is 0.160 e. The van der Waals surface area contributed by atoms with Gasteiger partial charge in [0.2, 0.25) is 0 Å². The van der Waals surface area contributed by atoms with E-state index in [1.807, 2.05) is 48.5 Å². The zero-order chi connectivity index (χ0) is 34.4. The molecule has 7 aromatic carbocycles. The number of para-hydroxylation sites is 1. The first-order valence-corrected chi connectivity index (χ1v) is 17.3. The maximum atomic E-state index is 6.06. The molecule has 1 N–H and O–H groups in total. The van der Waals surface area contributed by atoms with Gasteiger partial charge in [0.25, 0.3) is 0 Å². The van der Waals surface area contributed by atoms with Crippen LogP contribution in [0.25, 0.3) is 101 Å². The summed E-state index contributed by atoms with van der Waals surface area (Å²) in [4.78, 5) is 18.5. The largest absolute Gasteiger partial charge is 0.456 e. The van der Waals surface area contributed by atoms with Gasteiger partial charge in [0.15, 0.2) is 5.82 Å². The van der Waals surface area contributed by atoms with Gasteiger partial charge in [-0.15, -0.1) is 0 Å². The van der Waals surface area contributed by atoms with E-state index in [1.165, 1.54) is 0 Å². The first-order chi connectivity index (χ1) is 25.7. The topological polar surface area (TPSA) is 67.6 Å². The number of imidazole rings is 1. The molecule has 10 rings (SSSR count). The molecule has 5 nitrogen and oxygen atoms in total.